The molecule has 2 aromatic carbocycles. The van der Waals surface area contributed by atoms with Crippen LogP contribution in [0.15, 0.2) is 42.5 Å². The summed E-state index contributed by atoms with van der Waals surface area (Å²) < 4.78 is 10.7. The maximum atomic E-state index is 12.4. The van der Waals surface area contributed by atoms with Gasteiger partial charge < -0.3 is 19.7 Å². The molecule has 0 aromatic heterocycles. The molecule has 1 heterocycles. The Hall–Kier alpha value is -2.40. The van der Waals surface area contributed by atoms with Crippen LogP contribution >= 0.6 is 11.6 Å². The van der Waals surface area contributed by atoms with Crippen LogP contribution in [0.1, 0.15) is 24.1 Å². The van der Waals surface area contributed by atoms with E-state index in [1.165, 1.54) is 0 Å². The van der Waals surface area contributed by atoms with Crippen molar-refractivity contribution >= 4 is 17.6 Å². The van der Waals surface area contributed by atoms with Gasteiger partial charge in [-0.25, -0.2) is 4.79 Å². The van der Waals surface area contributed by atoms with Gasteiger partial charge in [0.15, 0.2) is 11.5 Å². The smallest absolute Gasteiger partial charge is 0.317 e. The van der Waals surface area contributed by atoms with E-state index in [0.29, 0.717) is 17.3 Å². The van der Waals surface area contributed by atoms with Crippen LogP contribution in [-0.4, -0.2) is 24.8 Å². The van der Waals surface area contributed by atoms with Crippen LogP contribution in [-0.2, 0) is 6.54 Å². The van der Waals surface area contributed by atoms with Gasteiger partial charge in [0.05, 0.1) is 6.04 Å². The Kier molecular flexibility index (Phi) is 4.81. The lowest BCUT2D eigenvalue weighted by Crippen LogP contribution is -2.38. The first-order chi connectivity index (χ1) is 11.5. The highest BCUT2D eigenvalue weighted by molar-refractivity contribution is 6.31. The summed E-state index contributed by atoms with van der Waals surface area (Å²) >= 11 is 6.18. The highest BCUT2D eigenvalue weighted by Crippen LogP contribution is 2.32. The van der Waals surface area contributed by atoms with E-state index in [2.05, 4.69) is 5.32 Å². The van der Waals surface area contributed by atoms with Gasteiger partial charge in [0.1, 0.15) is 0 Å². The van der Waals surface area contributed by atoms with E-state index in [-0.39, 0.29) is 18.9 Å². The summed E-state index contributed by atoms with van der Waals surface area (Å²) in [5.74, 6) is 1.45. The van der Waals surface area contributed by atoms with E-state index >= 15 is 0 Å². The van der Waals surface area contributed by atoms with Gasteiger partial charge in [-0.15, -0.1) is 0 Å². The molecular formula is C18H19ClN2O3. The molecule has 1 unspecified atom stereocenters. The van der Waals surface area contributed by atoms with Crippen molar-refractivity contribution in [2.75, 3.05) is 13.8 Å². The summed E-state index contributed by atoms with van der Waals surface area (Å²) in [5.41, 5.74) is 1.87. The van der Waals surface area contributed by atoms with Gasteiger partial charge in [-0.05, 0) is 36.2 Å². The minimum absolute atomic E-state index is 0.167. The van der Waals surface area contributed by atoms with Gasteiger partial charge >= 0.3 is 6.03 Å². The van der Waals surface area contributed by atoms with Crippen LogP contribution in [0.25, 0.3) is 0 Å². The molecular weight excluding hydrogens is 328 g/mol. The van der Waals surface area contributed by atoms with Gasteiger partial charge in [-0.1, -0.05) is 35.9 Å². The molecule has 1 aliphatic rings. The van der Waals surface area contributed by atoms with Gasteiger partial charge in [0, 0.05) is 18.6 Å². The molecule has 0 spiro atoms. The highest BCUT2D eigenvalue weighted by atomic mass is 35.5. The number of carbonyl (C=O) groups is 1. The van der Waals surface area contributed by atoms with Crippen molar-refractivity contribution in [2.45, 2.75) is 19.5 Å². The quantitative estimate of drug-likeness (QED) is 0.911. The number of nitrogens with one attached hydrogen (secondary N) is 1. The van der Waals surface area contributed by atoms with E-state index in [9.17, 15) is 4.79 Å². The maximum absolute atomic E-state index is 12.4. The Labute approximate surface area is 146 Å². The Morgan fingerprint density at radius 1 is 1.25 bits per heavy atom. The predicted molar refractivity (Wildman–Crippen MR) is 92.4 cm³/mol. The summed E-state index contributed by atoms with van der Waals surface area (Å²) in [6.07, 6.45) is 0. The molecule has 0 aliphatic carbocycles. The maximum Gasteiger partial charge on any atom is 0.317 e. The number of nitrogens with zero attached hydrogens (tertiary/aromatic N) is 1. The van der Waals surface area contributed by atoms with Crippen LogP contribution in [0, 0.1) is 0 Å². The van der Waals surface area contributed by atoms with Crippen LogP contribution in [0.2, 0.25) is 5.02 Å². The third-order valence-electron chi connectivity index (χ3n) is 3.92. The molecule has 2 aromatic rings. The molecule has 0 fully saturated rings. The average Bonchev–Trinajstić information content (AvgIpc) is 3.02. The zero-order valence-corrected chi connectivity index (χ0v) is 14.3. The Morgan fingerprint density at radius 3 is 2.79 bits per heavy atom. The number of halogens is 1. The third kappa shape index (κ3) is 3.57. The van der Waals surface area contributed by atoms with Crippen molar-refractivity contribution in [3.63, 3.8) is 0 Å². The number of carbonyl (C=O) groups excluding carboxylic acids is 1. The van der Waals surface area contributed by atoms with Crippen molar-refractivity contribution in [3.05, 3.63) is 58.6 Å². The molecule has 3 rings (SSSR count). The summed E-state index contributed by atoms with van der Waals surface area (Å²) in [7, 11) is 1.75. The fraction of sp³-hybridized carbons (Fsp3) is 0.278. The van der Waals surface area contributed by atoms with E-state index < -0.39 is 0 Å². The molecule has 24 heavy (non-hydrogen) atoms. The number of hydrogen-bond acceptors (Lipinski definition) is 3. The third-order valence-corrected chi connectivity index (χ3v) is 4.26. The standard InChI is InChI=1S/C18H19ClN2O3/c1-12(14-5-3-4-6-15(14)19)20-18(22)21(2)10-13-7-8-16-17(9-13)24-11-23-16/h3-9,12H,10-11H2,1-2H3,(H,20,22). The Morgan fingerprint density at radius 2 is 2.00 bits per heavy atom. The first kappa shape index (κ1) is 16.5. The van der Waals surface area contributed by atoms with Crippen LogP contribution < -0.4 is 14.8 Å². The van der Waals surface area contributed by atoms with E-state index in [0.717, 1.165) is 16.9 Å². The number of ether oxygens (including phenoxy) is 2. The molecule has 126 valence electrons. The Balaban J connectivity index is 1.61. The SMILES string of the molecule is CC(NC(=O)N(C)Cc1ccc2c(c1)OCO2)c1ccccc1Cl. The first-order valence-corrected chi connectivity index (χ1v) is 8.07. The molecule has 6 heteroatoms. The van der Waals surface area contributed by atoms with Gasteiger partial charge in [-0.3, -0.25) is 0 Å². The van der Waals surface area contributed by atoms with Crippen LogP contribution in [0.3, 0.4) is 0 Å². The molecule has 0 bridgehead atoms. The topological polar surface area (TPSA) is 50.8 Å². The molecule has 1 aliphatic heterocycles. The molecule has 0 radical (unpaired) electrons. The number of benzene rings is 2. The van der Waals surface area contributed by atoms with Crippen LogP contribution in [0.4, 0.5) is 4.79 Å². The van der Waals surface area contributed by atoms with Crippen molar-refractivity contribution in [1.82, 2.24) is 10.2 Å². The zero-order valence-electron chi connectivity index (χ0n) is 13.6. The molecule has 1 N–H and O–H groups in total. The zero-order chi connectivity index (χ0) is 17.1. The summed E-state index contributed by atoms with van der Waals surface area (Å²) in [4.78, 5) is 14.0. The fourth-order valence-electron chi connectivity index (χ4n) is 2.58. The fourth-order valence-corrected chi connectivity index (χ4v) is 2.88. The Bertz CT molecular complexity index is 751. The first-order valence-electron chi connectivity index (χ1n) is 7.69. The lowest BCUT2D eigenvalue weighted by Gasteiger charge is -2.22. The van der Waals surface area contributed by atoms with Crippen LogP contribution in [0.5, 0.6) is 11.5 Å². The second-order valence-corrected chi connectivity index (χ2v) is 6.14. The van der Waals surface area contributed by atoms with Gasteiger partial charge in [0.2, 0.25) is 6.79 Å². The van der Waals surface area contributed by atoms with Crippen molar-refractivity contribution in [1.29, 1.82) is 0 Å². The number of fused-ring (bicyclic) bond motifs is 1. The van der Waals surface area contributed by atoms with Gasteiger partial charge in [0.25, 0.3) is 0 Å². The van der Waals surface area contributed by atoms with Gasteiger partial charge in [-0.2, -0.15) is 0 Å². The molecule has 5 nitrogen and oxygen atoms in total. The second kappa shape index (κ2) is 7.01. The second-order valence-electron chi connectivity index (χ2n) is 5.74. The number of hydrogen-bond donors (Lipinski definition) is 1. The minimum atomic E-state index is -0.176. The summed E-state index contributed by atoms with van der Waals surface area (Å²) in [5, 5.41) is 3.60. The lowest BCUT2D eigenvalue weighted by atomic mass is 10.1. The summed E-state index contributed by atoms with van der Waals surface area (Å²) in [6.45, 7) is 2.62. The molecule has 2 amide bonds. The lowest BCUT2D eigenvalue weighted by molar-refractivity contribution is 0.174. The normalized spacial score (nSPS) is 13.5. The molecule has 0 saturated carbocycles. The average molecular weight is 347 g/mol. The number of rotatable bonds is 4. The minimum Gasteiger partial charge on any atom is -0.454 e. The van der Waals surface area contributed by atoms with E-state index in [1.54, 1.807) is 11.9 Å². The predicted octanol–water partition coefficient (Wildman–Crippen LogP) is 3.97. The molecule has 0 saturated heterocycles. The number of amides is 2. The van der Waals surface area contributed by atoms with Crippen molar-refractivity contribution < 1.29 is 14.3 Å². The molecule has 1 atom stereocenters. The summed E-state index contributed by atoms with van der Waals surface area (Å²) in [6, 6.07) is 12.8. The van der Waals surface area contributed by atoms with Crippen molar-refractivity contribution in [2.24, 2.45) is 0 Å². The van der Waals surface area contributed by atoms with Crippen molar-refractivity contribution in [3.8, 4) is 11.5 Å². The largest absolute Gasteiger partial charge is 0.454 e. The van der Waals surface area contributed by atoms with E-state index in [4.69, 9.17) is 21.1 Å². The van der Waals surface area contributed by atoms with E-state index in [1.807, 2.05) is 49.4 Å². The monoisotopic (exact) mass is 346 g/mol. The number of urea groups is 1. The highest BCUT2D eigenvalue weighted by Gasteiger charge is 2.17.